The summed E-state index contributed by atoms with van der Waals surface area (Å²) in [6.45, 7) is 6.39. The molecule has 1 aromatic rings. The molecule has 0 radical (unpaired) electrons. The summed E-state index contributed by atoms with van der Waals surface area (Å²) in [6, 6.07) is 7.76. The number of carbonyl (C=O) groups excluding carboxylic acids is 1. The minimum atomic E-state index is -3.12. The van der Waals surface area contributed by atoms with Gasteiger partial charge >= 0.3 is 0 Å². The molecule has 1 aromatic carbocycles. The molecule has 3 rings (SSSR count). The van der Waals surface area contributed by atoms with Gasteiger partial charge in [0.05, 0.1) is 16.1 Å². The van der Waals surface area contributed by atoms with Gasteiger partial charge in [0.15, 0.2) is 9.84 Å². The molecular formula is C24H36O5S. The fourth-order valence-electron chi connectivity index (χ4n) is 4.49. The van der Waals surface area contributed by atoms with Crippen LogP contribution in [0.4, 0.5) is 0 Å². The van der Waals surface area contributed by atoms with Gasteiger partial charge in [-0.25, -0.2) is 8.42 Å². The largest absolute Gasteiger partial charge is 0.385 e. The first-order valence-corrected chi connectivity index (χ1v) is 12.8. The van der Waals surface area contributed by atoms with Crippen LogP contribution in [0.15, 0.2) is 24.3 Å². The van der Waals surface area contributed by atoms with Crippen LogP contribution in [0.3, 0.4) is 0 Å². The molecule has 6 heteroatoms. The van der Waals surface area contributed by atoms with Crippen LogP contribution in [0.1, 0.15) is 70.4 Å². The Bertz CT molecular complexity index is 821. The number of benzene rings is 1. The molecule has 5 nitrogen and oxygen atoms in total. The molecular weight excluding hydrogens is 400 g/mol. The zero-order valence-electron chi connectivity index (χ0n) is 18.5. The topological polar surface area (TPSA) is 80.7 Å². The van der Waals surface area contributed by atoms with Gasteiger partial charge in [-0.05, 0) is 63.5 Å². The summed E-state index contributed by atoms with van der Waals surface area (Å²) in [7, 11) is -3.12. The van der Waals surface area contributed by atoms with E-state index < -0.39 is 20.2 Å². The smallest absolute Gasteiger partial charge is 0.155 e. The fraction of sp³-hybridized carbons (Fsp3) is 0.708. The van der Waals surface area contributed by atoms with Crippen molar-refractivity contribution in [3.8, 4) is 0 Å². The Morgan fingerprint density at radius 3 is 2.17 bits per heavy atom. The number of Topliss-reactive ketones (excluding diaryl/α,β-unsaturated/α-hetero) is 1. The first kappa shape index (κ1) is 23.4. The van der Waals surface area contributed by atoms with E-state index in [0.29, 0.717) is 32.5 Å². The summed E-state index contributed by atoms with van der Waals surface area (Å²) in [6.07, 6.45) is 4.76. The molecule has 0 spiro atoms. The van der Waals surface area contributed by atoms with Crippen LogP contribution in [-0.2, 0) is 31.4 Å². The number of hydrogen-bond acceptors (Lipinski definition) is 5. The lowest BCUT2D eigenvalue weighted by Gasteiger charge is -2.32. The van der Waals surface area contributed by atoms with Crippen molar-refractivity contribution in [3.05, 3.63) is 35.4 Å². The van der Waals surface area contributed by atoms with Crippen LogP contribution in [0.5, 0.6) is 0 Å². The van der Waals surface area contributed by atoms with Crippen LogP contribution in [0.25, 0.3) is 0 Å². The highest BCUT2D eigenvalue weighted by molar-refractivity contribution is 7.92. The van der Waals surface area contributed by atoms with E-state index in [1.807, 2.05) is 24.3 Å². The van der Waals surface area contributed by atoms with Gasteiger partial charge in [0.25, 0.3) is 0 Å². The second-order valence-corrected chi connectivity index (χ2v) is 12.9. The standard InChI is InChI=1S/C24H36O5S/c1-23(2,3)30(27,28)17-19-4-8-20(9-5-19)22(25)16-18-6-10-21(11-7-18)24(26)12-14-29-15-13-24/h6-7,10-11,19-20,26H,4-5,8-9,12-17H2,1-3H3. The lowest BCUT2D eigenvalue weighted by atomic mass is 9.79. The number of ketones is 1. The Morgan fingerprint density at radius 2 is 1.63 bits per heavy atom. The number of sulfone groups is 1. The molecule has 0 unspecified atom stereocenters. The van der Waals surface area contributed by atoms with Gasteiger partial charge in [-0.2, -0.15) is 0 Å². The van der Waals surface area contributed by atoms with Gasteiger partial charge in [-0.15, -0.1) is 0 Å². The molecule has 1 saturated carbocycles. The van der Waals surface area contributed by atoms with Gasteiger partial charge < -0.3 is 9.84 Å². The third-order valence-corrected chi connectivity index (χ3v) is 9.66. The van der Waals surface area contributed by atoms with Crippen molar-refractivity contribution in [2.24, 2.45) is 11.8 Å². The molecule has 1 aliphatic carbocycles. The zero-order chi connectivity index (χ0) is 22.0. The van der Waals surface area contributed by atoms with E-state index in [-0.39, 0.29) is 23.4 Å². The molecule has 168 valence electrons. The van der Waals surface area contributed by atoms with E-state index in [2.05, 4.69) is 0 Å². The van der Waals surface area contributed by atoms with E-state index in [1.165, 1.54) is 0 Å². The monoisotopic (exact) mass is 436 g/mol. The summed E-state index contributed by atoms with van der Waals surface area (Å²) in [4.78, 5) is 12.8. The van der Waals surface area contributed by atoms with Crippen molar-refractivity contribution >= 4 is 15.6 Å². The minimum Gasteiger partial charge on any atom is -0.385 e. The first-order chi connectivity index (χ1) is 14.0. The van der Waals surface area contributed by atoms with Crippen LogP contribution < -0.4 is 0 Å². The van der Waals surface area contributed by atoms with Crippen LogP contribution in [0.2, 0.25) is 0 Å². The highest BCUT2D eigenvalue weighted by atomic mass is 32.2. The molecule has 1 N–H and O–H groups in total. The van der Waals surface area contributed by atoms with Gasteiger partial charge in [0.2, 0.25) is 0 Å². The van der Waals surface area contributed by atoms with E-state index >= 15 is 0 Å². The predicted octanol–water partition coefficient (Wildman–Crippen LogP) is 3.82. The Hall–Kier alpha value is -1.24. The first-order valence-electron chi connectivity index (χ1n) is 11.1. The van der Waals surface area contributed by atoms with Crippen LogP contribution >= 0.6 is 0 Å². The summed E-state index contributed by atoms with van der Waals surface area (Å²) in [5.74, 6) is 0.660. The van der Waals surface area contributed by atoms with Crippen molar-refractivity contribution in [3.63, 3.8) is 0 Å². The molecule has 0 aromatic heterocycles. The van der Waals surface area contributed by atoms with Gasteiger partial charge in [-0.1, -0.05) is 24.3 Å². The molecule has 2 fully saturated rings. The molecule has 2 aliphatic rings. The molecule has 1 saturated heterocycles. The van der Waals surface area contributed by atoms with E-state index in [0.717, 1.165) is 36.8 Å². The van der Waals surface area contributed by atoms with Crippen molar-refractivity contribution in [2.75, 3.05) is 19.0 Å². The summed E-state index contributed by atoms with van der Waals surface area (Å²) in [5, 5.41) is 10.8. The molecule has 1 heterocycles. The number of hydrogen-bond donors (Lipinski definition) is 1. The SMILES string of the molecule is CC(C)(C)S(=O)(=O)CC1CCC(C(=O)Cc2ccc(C3(O)CCOCC3)cc2)CC1. The lowest BCUT2D eigenvalue weighted by Crippen LogP contribution is -2.35. The second kappa shape index (κ2) is 9.09. The van der Waals surface area contributed by atoms with Crippen molar-refractivity contribution in [1.82, 2.24) is 0 Å². The molecule has 0 amide bonds. The third kappa shape index (κ3) is 5.51. The Kier molecular flexibility index (Phi) is 7.10. The lowest BCUT2D eigenvalue weighted by molar-refractivity contribution is -0.123. The molecule has 0 atom stereocenters. The number of rotatable bonds is 6. The van der Waals surface area contributed by atoms with Crippen LogP contribution in [0, 0.1) is 11.8 Å². The molecule has 30 heavy (non-hydrogen) atoms. The average Bonchev–Trinajstić information content (AvgIpc) is 2.68. The predicted molar refractivity (Wildman–Crippen MR) is 118 cm³/mol. The Morgan fingerprint density at radius 1 is 1.07 bits per heavy atom. The van der Waals surface area contributed by atoms with Crippen molar-refractivity contribution in [2.45, 2.75) is 76.1 Å². The maximum Gasteiger partial charge on any atom is 0.155 e. The zero-order valence-corrected chi connectivity index (χ0v) is 19.3. The fourth-order valence-corrected chi connectivity index (χ4v) is 5.94. The highest BCUT2D eigenvalue weighted by Gasteiger charge is 2.35. The number of ether oxygens (including phenoxy) is 1. The summed E-state index contributed by atoms with van der Waals surface area (Å²) < 4.78 is 29.5. The average molecular weight is 437 g/mol. The van der Waals surface area contributed by atoms with Crippen LogP contribution in [-0.4, -0.2) is 43.0 Å². The van der Waals surface area contributed by atoms with Gasteiger partial charge in [-0.3, -0.25) is 4.79 Å². The second-order valence-electron chi connectivity index (χ2n) is 10.1. The van der Waals surface area contributed by atoms with Gasteiger partial charge in [0, 0.05) is 38.4 Å². The quantitative estimate of drug-likeness (QED) is 0.733. The Labute approximate surface area is 181 Å². The third-order valence-electron chi connectivity index (χ3n) is 6.88. The van der Waals surface area contributed by atoms with Crippen molar-refractivity contribution < 1.29 is 23.1 Å². The van der Waals surface area contributed by atoms with E-state index in [1.54, 1.807) is 20.8 Å². The normalized spacial score (nSPS) is 25.1. The number of aliphatic hydroxyl groups is 1. The summed E-state index contributed by atoms with van der Waals surface area (Å²) >= 11 is 0. The molecule has 1 aliphatic heterocycles. The van der Waals surface area contributed by atoms with Crippen molar-refractivity contribution in [1.29, 1.82) is 0 Å². The van der Waals surface area contributed by atoms with E-state index in [9.17, 15) is 18.3 Å². The maximum absolute atomic E-state index is 12.8. The summed E-state index contributed by atoms with van der Waals surface area (Å²) in [5.41, 5.74) is 1.03. The minimum absolute atomic E-state index is 0.0259. The maximum atomic E-state index is 12.8. The highest BCUT2D eigenvalue weighted by Crippen LogP contribution is 2.34. The van der Waals surface area contributed by atoms with Gasteiger partial charge in [0.1, 0.15) is 5.78 Å². The molecule has 0 bridgehead atoms. The Balaban J connectivity index is 1.51. The number of carbonyl (C=O) groups is 1. The van der Waals surface area contributed by atoms with E-state index in [4.69, 9.17) is 4.74 Å².